The van der Waals surface area contributed by atoms with Gasteiger partial charge in [-0.05, 0) is 45.2 Å². The van der Waals surface area contributed by atoms with Crippen LogP contribution in [0, 0.1) is 5.41 Å². The van der Waals surface area contributed by atoms with Gasteiger partial charge in [-0.25, -0.2) is 0 Å². The van der Waals surface area contributed by atoms with Crippen LogP contribution in [0.25, 0.3) is 0 Å². The molecule has 1 aliphatic rings. The Balaban J connectivity index is 2.40. The second-order valence-corrected chi connectivity index (χ2v) is 4.88. The molecule has 0 aromatic heterocycles. The van der Waals surface area contributed by atoms with E-state index in [1.807, 2.05) is 7.05 Å². The summed E-state index contributed by atoms with van der Waals surface area (Å²) in [7, 11) is 2.05. The molecular weight excluding hydrogens is 172 g/mol. The van der Waals surface area contributed by atoms with Gasteiger partial charge in [0, 0.05) is 19.1 Å². The maximum absolute atomic E-state index is 3.31. The number of likely N-dealkylation sites (N-methyl/N-ethyl adjacent to an activating group) is 1. The minimum absolute atomic E-state index is 0.625. The standard InChI is InChI=1S/C12H26N2/c1-5-12(6-2)7-8-14(10-12)9-11(3)13-4/h11,13H,5-10H2,1-4H3. The number of hydrogen-bond acceptors (Lipinski definition) is 2. The van der Waals surface area contributed by atoms with Crippen LogP contribution in [-0.4, -0.2) is 37.6 Å². The van der Waals surface area contributed by atoms with Crippen molar-refractivity contribution in [3.63, 3.8) is 0 Å². The van der Waals surface area contributed by atoms with E-state index in [1.54, 1.807) is 0 Å². The quantitative estimate of drug-likeness (QED) is 0.728. The summed E-state index contributed by atoms with van der Waals surface area (Å²) in [6.45, 7) is 10.8. The van der Waals surface area contributed by atoms with Gasteiger partial charge in [0.1, 0.15) is 0 Å². The molecule has 0 aromatic rings. The van der Waals surface area contributed by atoms with E-state index >= 15 is 0 Å². The zero-order valence-corrected chi connectivity index (χ0v) is 10.3. The van der Waals surface area contributed by atoms with E-state index in [2.05, 4.69) is 31.0 Å². The molecule has 0 aliphatic carbocycles. The van der Waals surface area contributed by atoms with Crippen molar-refractivity contribution in [2.75, 3.05) is 26.7 Å². The van der Waals surface area contributed by atoms with Crippen LogP contribution in [0.15, 0.2) is 0 Å². The summed E-state index contributed by atoms with van der Waals surface area (Å²) in [5.74, 6) is 0. The van der Waals surface area contributed by atoms with Crippen LogP contribution >= 0.6 is 0 Å². The minimum atomic E-state index is 0.625. The molecule has 0 bridgehead atoms. The van der Waals surface area contributed by atoms with Crippen LogP contribution in [0.5, 0.6) is 0 Å². The Labute approximate surface area is 89.1 Å². The molecule has 14 heavy (non-hydrogen) atoms. The highest BCUT2D eigenvalue weighted by Crippen LogP contribution is 2.36. The first-order valence-corrected chi connectivity index (χ1v) is 6.05. The van der Waals surface area contributed by atoms with Crippen LogP contribution in [0.1, 0.15) is 40.0 Å². The van der Waals surface area contributed by atoms with Gasteiger partial charge in [-0.3, -0.25) is 0 Å². The first kappa shape index (κ1) is 12.0. The highest BCUT2D eigenvalue weighted by atomic mass is 15.2. The number of nitrogens with zero attached hydrogens (tertiary/aromatic N) is 1. The molecule has 1 atom stereocenters. The molecule has 0 amide bonds. The third-order valence-electron chi connectivity index (χ3n) is 4.04. The van der Waals surface area contributed by atoms with Crippen molar-refractivity contribution in [1.82, 2.24) is 10.2 Å². The molecule has 0 radical (unpaired) electrons. The molecule has 1 aliphatic heterocycles. The van der Waals surface area contributed by atoms with Gasteiger partial charge in [-0.15, -0.1) is 0 Å². The van der Waals surface area contributed by atoms with Gasteiger partial charge in [-0.2, -0.15) is 0 Å². The lowest BCUT2D eigenvalue weighted by Gasteiger charge is -2.27. The first-order chi connectivity index (χ1) is 6.65. The van der Waals surface area contributed by atoms with Gasteiger partial charge >= 0.3 is 0 Å². The van der Waals surface area contributed by atoms with E-state index in [0.29, 0.717) is 11.5 Å². The predicted molar refractivity (Wildman–Crippen MR) is 62.6 cm³/mol. The molecule has 84 valence electrons. The van der Waals surface area contributed by atoms with Crippen LogP contribution in [-0.2, 0) is 0 Å². The Morgan fingerprint density at radius 1 is 1.36 bits per heavy atom. The lowest BCUT2D eigenvalue weighted by Crippen LogP contribution is -2.37. The molecule has 0 aromatic carbocycles. The third-order valence-corrected chi connectivity index (χ3v) is 4.04. The summed E-state index contributed by atoms with van der Waals surface area (Å²) in [5, 5.41) is 3.31. The van der Waals surface area contributed by atoms with E-state index in [9.17, 15) is 0 Å². The second kappa shape index (κ2) is 5.13. The Kier molecular flexibility index (Phi) is 4.39. The zero-order valence-electron chi connectivity index (χ0n) is 10.3. The monoisotopic (exact) mass is 198 g/mol. The molecule has 0 spiro atoms. The van der Waals surface area contributed by atoms with Gasteiger partial charge < -0.3 is 10.2 Å². The van der Waals surface area contributed by atoms with Crippen molar-refractivity contribution in [1.29, 1.82) is 0 Å². The molecule has 2 heteroatoms. The molecule has 1 heterocycles. The Morgan fingerprint density at radius 2 is 2.00 bits per heavy atom. The van der Waals surface area contributed by atoms with Crippen molar-refractivity contribution >= 4 is 0 Å². The van der Waals surface area contributed by atoms with E-state index in [-0.39, 0.29) is 0 Å². The Hall–Kier alpha value is -0.0800. The average molecular weight is 198 g/mol. The maximum Gasteiger partial charge on any atom is 0.0163 e. The van der Waals surface area contributed by atoms with Gasteiger partial charge in [-0.1, -0.05) is 13.8 Å². The van der Waals surface area contributed by atoms with E-state index < -0.39 is 0 Å². The minimum Gasteiger partial charge on any atom is -0.316 e. The Morgan fingerprint density at radius 3 is 2.43 bits per heavy atom. The second-order valence-electron chi connectivity index (χ2n) is 4.88. The highest BCUT2D eigenvalue weighted by Gasteiger charge is 2.34. The number of hydrogen-bond donors (Lipinski definition) is 1. The molecule has 1 unspecified atom stereocenters. The van der Waals surface area contributed by atoms with Crippen molar-refractivity contribution in [3.8, 4) is 0 Å². The van der Waals surface area contributed by atoms with Gasteiger partial charge in [0.15, 0.2) is 0 Å². The summed E-state index contributed by atoms with van der Waals surface area (Å²) in [6, 6.07) is 0.625. The van der Waals surface area contributed by atoms with Crippen molar-refractivity contribution in [3.05, 3.63) is 0 Å². The summed E-state index contributed by atoms with van der Waals surface area (Å²) in [4.78, 5) is 2.62. The molecule has 2 nitrogen and oxygen atoms in total. The summed E-state index contributed by atoms with van der Waals surface area (Å²) in [5.41, 5.74) is 0.632. The largest absolute Gasteiger partial charge is 0.316 e. The SMILES string of the molecule is CCC1(CC)CCN(CC(C)NC)C1. The maximum atomic E-state index is 3.31. The molecule has 1 fully saturated rings. The van der Waals surface area contributed by atoms with E-state index in [4.69, 9.17) is 0 Å². The number of rotatable bonds is 5. The van der Waals surface area contributed by atoms with Gasteiger partial charge in [0.05, 0.1) is 0 Å². The fourth-order valence-electron chi connectivity index (χ4n) is 2.49. The van der Waals surface area contributed by atoms with Crippen LogP contribution in [0.2, 0.25) is 0 Å². The van der Waals surface area contributed by atoms with E-state index in [0.717, 1.165) is 0 Å². The first-order valence-electron chi connectivity index (χ1n) is 6.05. The normalized spacial score (nSPS) is 24.0. The van der Waals surface area contributed by atoms with Crippen molar-refractivity contribution < 1.29 is 0 Å². The topological polar surface area (TPSA) is 15.3 Å². The lowest BCUT2D eigenvalue weighted by atomic mass is 9.82. The number of likely N-dealkylation sites (tertiary alicyclic amines) is 1. The predicted octanol–water partition coefficient (Wildman–Crippen LogP) is 2.11. The fourth-order valence-corrected chi connectivity index (χ4v) is 2.49. The molecule has 1 N–H and O–H groups in total. The smallest absolute Gasteiger partial charge is 0.0163 e. The number of nitrogens with one attached hydrogen (secondary N) is 1. The van der Waals surface area contributed by atoms with Crippen molar-refractivity contribution in [2.45, 2.75) is 46.1 Å². The van der Waals surface area contributed by atoms with Gasteiger partial charge in [0.2, 0.25) is 0 Å². The third kappa shape index (κ3) is 2.71. The van der Waals surface area contributed by atoms with Crippen LogP contribution in [0.3, 0.4) is 0 Å². The van der Waals surface area contributed by atoms with Crippen LogP contribution < -0.4 is 5.32 Å². The average Bonchev–Trinajstić information content (AvgIpc) is 2.62. The molecule has 1 rings (SSSR count). The fraction of sp³-hybridized carbons (Fsp3) is 1.00. The molecule has 0 saturated carbocycles. The lowest BCUT2D eigenvalue weighted by molar-refractivity contribution is 0.230. The van der Waals surface area contributed by atoms with Gasteiger partial charge in [0.25, 0.3) is 0 Å². The Bertz CT molecular complexity index is 164. The highest BCUT2D eigenvalue weighted by molar-refractivity contribution is 4.88. The van der Waals surface area contributed by atoms with E-state index in [1.165, 1.54) is 38.9 Å². The summed E-state index contributed by atoms with van der Waals surface area (Å²) < 4.78 is 0. The summed E-state index contributed by atoms with van der Waals surface area (Å²) >= 11 is 0. The zero-order chi connectivity index (χ0) is 10.6. The molecular formula is C12H26N2. The van der Waals surface area contributed by atoms with Crippen LogP contribution in [0.4, 0.5) is 0 Å². The molecule has 1 saturated heterocycles. The van der Waals surface area contributed by atoms with Crippen molar-refractivity contribution in [2.24, 2.45) is 5.41 Å². The summed E-state index contributed by atoms with van der Waals surface area (Å²) in [6.07, 6.45) is 4.08.